The van der Waals surface area contributed by atoms with Crippen molar-refractivity contribution >= 4 is 77.1 Å². The van der Waals surface area contributed by atoms with E-state index in [2.05, 4.69) is 85.9 Å². The molecule has 5 aromatic heterocycles. The number of hydrogen-bond acceptors (Lipinski definition) is 9. The second-order valence-electron chi connectivity index (χ2n) is 19.2. The van der Waals surface area contributed by atoms with Gasteiger partial charge in [0.15, 0.2) is 17.1 Å². The van der Waals surface area contributed by atoms with Crippen molar-refractivity contribution < 1.29 is 23.5 Å². The number of benzene rings is 1. The summed E-state index contributed by atoms with van der Waals surface area (Å²) in [5, 5.41) is 11.0. The van der Waals surface area contributed by atoms with Crippen LogP contribution in [0.25, 0.3) is 39.0 Å². The van der Waals surface area contributed by atoms with Gasteiger partial charge in [-0.2, -0.15) is 5.10 Å². The number of ether oxygens (including phenoxy) is 2. The Morgan fingerprint density at radius 1 is 0.746 bits per heavy atom. The number of nitrogens with zero attached hydrogens (tertiary/aromatic N) is 8. The Hall–Kier alpha value is -4.37. The van der Waals surface area contributed by atoms with Crippen molar-refractivity contribution in [2.45, 2.75) is 117 Å². The number of amides is 2. The van der Waals surface area contributed by atoms with Crippen molar-refractivity contribution in [3.05, 3.63) is 70.7 Å². The Morgan fingerprint density at radius 2 is 1.24 bits per heavy atom. The van der Waals surface area contributed by atoms with Gasteiger partial charge in [0, 0.05) is 58.2 Å². The molecule has 318 valence electrons. The highest BCUT2D eigenvalue weighted by molar-refractivity contribution is 9.10. The summed E-state index contributed by atoms with van der Waals surface area (Å²) in [7, 11) is -2.34. The van der Waals surface area contributed by atoms with Crippen LogP contribution >= 0.6 is 15.9 Å². The smallest absolute Gasteiger partial charge is 0.255 e. The van der Waals surface area contributed by atoms with Crippen LogP contribution in [0.15, 0.2) is 53.8 Å². The molecule has 6 rings (SSSR count). The number of halogens is 2. The number of nitrogens with one attached hydrogen (secondary N) is 2. The van der Waals surface area contributed by atoms with Crippen LogP contribution in [0.3, 0.4) is 0 Å². The molecular formula is C41H58BrFN10O4Si2. The van der Waals surface area contributed by atoms with E-state index in [1.807, 2.05) is 50.7 Å². The first-order chi connectivity index (χ1) is 27.4. The van der Waals surface area contributed by atoms with Gasteiger partial charge in [-0.1, -0.05) is 39.3 Å². The predicted octanol–water partition coefficient (Wildman–Crippen LogP) is 8.78. The zero-order valence-electron chi connectivity index (χ0n) is 36.3. The van der Waals surface area contributed by atoms with Crippen LogP contribution in [0.5, 0.6) is 0 Å². The Labute approximate surface area is 355 Å². The van der Waals surface area contributed by atoms with Gasteiger partial charge in [-0.05, 0) is 87.8 Å². The van der Waals surface area contributed by atoms with E-state index in [1.165, 1.54) is 12.1 Å². The fraction of sp³-hybridized carbons (Fsp3) is 0.488. The van der Waals surface area contributed by atoms with Gasteiger partial charge < -0.3 is 29.2 Å². The van der Waals surface area contributed by atoms with E-state index in [0.717, 1.165) is 12.1 Å². The van der Waals surface area contributed by atoms with Crippen LogP contribution in [0.1, 0.15) is 62.3 Å². The lowest BCUT2D eigenvalue weighted by Crippen LogP contribution is -2.40. The standard InChI is InChI=1S/C24H31FN6O2Si.C17H27BrN4O2Si/c1-24(2,3)29-23(32)18-14-30(15-33-9-10-34(4,5)6)22-21(18)28-20(13-26-22)31-19-8-7-17(25)11-16(19)12-27-31;1-17(2,3)21-16(23)12-10-22(11-24-7-8-25(4,5)6)15-14(12)20-13(18)9-19-15/h7-8,11-14H,9-10,15H2,1-6H3,(H,29,32);9-10H,7-8,11H2,1-6H3,(H,21,23). The second-order valence-corrected chi connectivity index (χ2v) is 31.2. The topological polar surface area (TPSA) is 156 Å². The fourth-order valence-corrected chi connectivity index (χ4v) is 7.58. The van der Waals surface area contributed by atoms with Crippen LogP contribution < -0.4 is 10.6 Å². The minimum Gasteiger partial charge on any atom is -0.361 e. The molecule has 14 nitrogen and oxygen atoms in total. The van der Waals surface area contributed by atoms with Gasteiger partial charge >= 0.3 is 0 Å². The highest BCUT2D eigenvalue weighted by Crippen LogP contribution is 2.24. The monoisotopic (exact) mass is 908 g/mol. The molecule has 59 heavy (non-hydrogen) atoms. The summed E-state index contributed by atoms with van der Waals surface area (Å²) in [6, 6.07) is 6.59. The van der Waals surface area contributed by atoms with E-state index in [0.29, 0.717) is 74.7 Å². The molecule has 6 aromatic rings. The van der Waals surface area contributed by atoms with Crippen LogP contribution in [-0.4, -0.2) is 91.1 Å². The summed E-state index contributed by atoms with van der Waals surface area (Å²) in [6.45, 7) is 27.5. The SMILES string of the molecule is CC(C)(C)NC(=O)c1cn(COCC[Si](C)(C)C)c2ncc(-n3ncc4cc(F)ccc43)nc12.CC(C)(C)NC(=O)c1cn(COCC[Si](C)(C)C)c2ncc(Br)nc12. The average molecular weight is 910 g/mol. The van der Waals surface area contributed by atoms with E-state index in [4.69, 9.17) is 14.5 Å². The minimum atomic E-state index is -1.21. The van der Waals surface area contributed by atoms with Gasteiger partial charge in [0.05, 0.1) is 35.2 Å². The molecule has 1 aromatic carbocycles. The summed E-state index contributed by atoms with van der Waals surface area (Å²) in [6.07, 6.45) is 8.32. The van der Waals surface area contributed by atoms with E-state index in [1.54, 1.807) is 41.7 Å². The van der Waals surface area contributed by atoms with Crippen LogP contribution in [0.4, 0.5) is 4.39 Å². The number of carbonyl (C=O) groups is 2. The number of rotatable bonds is 13. The van der Waals surface area contributed by atoms with Crippen molar-refractivity contribution in [3.8, 4) is 5.82 Å². The molecule has 0 saturated heterocycles. The van der Waals surface area contributed by atoms with Crippen molar-refractivity contribution in [1.82, 2.24) is 49.5 Å². The molecule has 0 atom stereocenters. The van der Waals surface area contributed by atoms with Crippen molar-refractivity contribution in [1.29, 1.82) is 0 Å². The van der Waals surface area contributed by atoms with Crippen molar-refractivity contribution in [2.24, 2.45) is 0 Å². The van der Waals surface area contributed by atoms with Gasteiger partial charge in [0.2, 0.25) is 0 Å². The molecular weight excluding hydrogens is 852 g/mol. The predicted molar refractivity (Wildman–Crippen MR) is 240 cm³/mol. The zero-order chi connectivity index (χ0) is 43.5. The summed E-state index contributed by atoms with van der Waals surface area (Å²) < 4.78 is 31.2. The van der Waals surface area contributed by atoms with E-state index in [-0.39, 0.29) is 29.9 Å². The van der Waals surface area contributed by atoms with Gasteiger partial charge in [-0.3, -0.25) is 9.59 Å². The highest BCUT2D eigenvalue weighted by atomic mass is 79.9. The molecule has 0 radical (unpaired) electrons. The van der Waals surface area contributed by atoms with Gasteiger partial charge in [0.1, 0.15) is 34.9 Å². The van der Waals surface area contributed by atoms with Crippen molar-refractivity contribution in [3.63, 3.8) is 0 Å². The number of hydrogen-bond donors (Lipinski definition) is 2. The lowest BCUT2D eigenvalue weighted by Gasteiger charge is -2.20. The molecule has 0 fully saturated rings. The van der Waals surface area contributed by atoms with Crippen LogP contribution in [0, 0.1) is 5.82 Å². The maximum atomic E-state index is 13.6. The quantitative estimate of drug-likeness (QED) is 0.0855. The summed E-state index contributed by atoms with van der Waals surface area (Å²) >= 11 is 3.33. The third-order valence-corrected chi connectivity index (χ3v) is 12.5. The van der Waals surface area contributed by atoms with Crippen LogP contribution in [-0.2, 0) is 22.9 Å². The van der Waals surface area contributed by atoms with E-state index >= 15 is 0 Å². The molecule has 0 spiro atoms. The van der Waals surface area contributed by atoms with Gasteiger partial charge in [-0.25, -0.2) is 29.0 Å². The molecule has 2 N–H and O–H groups in total. The maximum absolute atomic E-state index is 13.6. The first-order valence-electron chi connectivity index (χ1n) is 19.7. The summed E-state index contributed by atoms with van der Waals surface area (Å²) in [4.78, 5) is 43.9. The Kier molecular flexibility index (Phi) is 14.0. The van der Waals surface area contributed by atoms with E-state index < -0.39 is 21.7 Å². The molecule has 2 amide bonds. The maximum Gasteiger partial charge on any atom is 0.255 e. The molecule has 5 heterocycles. The first kappa shape index (κ1) is 45.7. The average Bonchev–Trinajstić information content (AvgIpc) is 3.79. The molecule has 18 heteroatoms. The largest absolute Gasteiger partial charge is 0.361 e. The Morgan fingerprint density at radius 3 is 1.73 bits per heavy atom. The van der Waals surface area contributed by atoms with Gasteiger partial charge in [-0.15, -0.1) is 0 Å². The Bertz CT molecular complexity index is 2440. The third-order valence-electron chi connectivity index (χ3n) is 8.76. The highest BCUT2D eigenvalue weighted by Gasteiger charge is 2.24. The van der Waals surface area contributed by atoms with E-state index in [9.17, 15) is 14.0 Å². The summed E-state index contributed by atoms with van der Waals surface area (Å²) in [5.74, 6) is -0.291. The van der Waals surface area contributed by atoms with Crippen molar-refractivity contribution in [2.75, 3.05) is 13.2 Å². The summed E-state index contributed by atoms with van der Waals surface area (Å²) in [5.41, 5.74) is 3.12. The molecule has 0 aliphatic carbocycles. The van der Waals surface area contributed by atoms with Gasteiger partial charge in [0.25, 0.3) is 11.8 Å². The lowest BCUT2D eigenvalue weighted by atomic mass is 10.1. The number of fused-ring (bicyclic) bond motifs is 3. The lowest BCUT2D eigenvalue weighted by molar-refractivity contribution is 0.0879. The molecule has 0 saturated carbocycles. The Balaban J connectivity index is 0.000000236. The fourth-order valence-electron chi connectivity index (χ4n) is 5.79. The minimum absolute atomic E-state index is 0.161. The zero-order valence-corrected chi connectivity index (χ0v) is 39.9. The molecule has 0 unspecified atom stereocenters. The first-order valence-corrected chi connectivity index (χ1v) is 27.9. The third kappa shape index (κ3) is 12.8. The second kappa shape index (κ2) is 18.1. The molecule has 0 aliphatic heterocycles. The van der Waals surface area contributed by atoms with Crippen LogP contribution in [0.2, 0.25) is 51.4 Å². The molecule has 0 bridgehead atoms. The molecule has 0 aliphatic rings. The normalized spacial score (nSPS) is 12.6. The number of carbonyl (C=O) groups excluding carboxylic acids is 2. The number of aromatic nitrogens is 8.